The molecule has 2 rings (SSSR count). The lowest BCUT2D eigenvalue weighted by atomic mass is 10.2. The van der Waals surface area contributed by atoms with Gasteiger partial charge in [0.1, 0.15) is 6.07 Å². The molecule has 5 heteroatoms. The van der Waals surface area contributed by atoms with Crippen molar-refractivity contribution in [2.45, 2.75) is 6.54 Å². The van der Waals surface area contributed by atoms with Crippen LogP contribution in [0.3, 0.4) is 0 Å². The van der Waals surface area contributed by atoms with Gasteiger partial charge in [-0.3, -0.25) is 4.98 Å². The minimum absolute atomic E-state index is 0.587. The van der Waals surface area contributed by atoms with Crippen molar-refractivity contribution in [1.29, 1.82) is 5.26 Å². The summed E-state index contributed by atoms with van der Waals surface area (Å²) in [5, 5.41) is 12.2. The van der Waals surface area contributed by atoms with Gasteiger partial charge in [-0.1, -0.05) is 15.9 Å². The minimum Gasteiger partial charge on any atom is -0.378 e. The topological polar surface area (TPSA) is 48.7 Å². The summed E-state index contributed by atoms with van der Waals surface area (Å²) in [5.74, 6) is 0. The van der Waals surface area contributed by atoms with Crippen molar-refractivity contribution >= 4 is 37.5 Å². The largest absolute Gasteiger partial charge is 0.378 e. The van der Waals surface area contributed by atoms with Gasteiger partial charge in [-0.05, 0) is 46.3 Å². The summed E-state index contributed by atoms with van der Waals surface area (Å²) in [6.07, 6.45) is 1.75. The first-order valence-corrected chi connectivity index (χ1v) is 6.81. The third kappa shape index (κ3) is 3.31. The van der Waals surface area contributed by atoms with E-state index >= 15 is 0 Å². The van der Waals surface area contributed by atoms with E-state index in [2.05, 4.69) is 48.2 Å². The second-order valence-corrected chi connectivity index (χ2v) is 5.45. The SMILES string of the molecule is N#Cc1cc(Br)ccc1NCc1ccc(Br)cn1. The predicted octanol–water partition coefficient (Wildman–Crippen LogP) is 4.09. The Labute approximate surface area is 122 Å². The fourth-order valence-corrected chi connectivity index (χ4v) is 2.06. The molecule has 3 nitrogen and oxygen atoms in total. The molecule has 1 aromatic carbocycles. The molecule has 90 valence electrons. The van der Waals surface area contributed by atoms with Gasteiger partial charge in [0, 0.05) is 15.1 Å². The first-order valence-electron chi connectivity index (χ1n) is 5.23. The Morgan fingerprint density at radius 1 is 1.17 bits per heavy atom. The Bertz CT molecular complexity index is 588. The van der Waals surface area contributed by atoms with Gasteiger partial charge in [-0.2, -0.15) is 5.26 Å². The van der Waals surface area contributed by atoms with Crippen molar-refractivity contribution in [3.05, 3.63) is 56.7 Å². The quantitative estimate of drug-likeness (QED) is 0.889. The molecule has 0 spiro atoms. The normalized spacial score (nSPS) is 9.83. The number of halogens is 2. The maximum atomic E-state index is 9.04. The summed E-state index contributed by atoms with van der Waals surface area (Å²) >= 11 is 6.69. The van der Waals surface area contributed by atoms with Crippen LogP contribution in [-0.2, 0) is 6.54 Å². The van der Waals surface area contributed by atoms with Crippen LogP contribution in [0.15, 0.2) is 45.5 Å². The molecule has 0 aliphatic rings. The van der Waals surface area contributed by atoms with Gasteiger partial charge in [0.05, 0.1) is 23.5 Å². The van der Waals surface area contributed by atoms with E-state index in [1.807, 2.05) is 24.3 Å². The molecule has 0 aliphatic carbocycles. The second-order valence-electron chi connectivity index (χ2n) is 3.62. The standard InChI is InChI=1S/C13H9Br2N3/c14-10-2-4-13(9(5-10)6-16)18-8-12-3-1-11(15)7-17-12/h1-5,7,18H,8H2. The molecule has 0 radical (unpaired) electrons. The van der Waals surface area contributed by atoms with E-state index in [0.29, 0.717) is 12.1 Å². The monoisotopic (exact) mass is 365 g/mol. The van der Waals surface area contributed by atoms with Crippen molar-refractivity contribution in [2.24, 2.45) is 0 Å². The van der Waals surface area contributed by atoms with Crippen LogP contribution in [0.2, 0.25) is 0 Å². The molecule has 0 atom stereocenters. The van der Waals surface area contributed by atoms with Crippen LogP contribution in [0.5, 0.6) is 0 Å². The Hall–Kier alpha value is -1.38. The first-order chi connectivity index (χ1) is 8.69. The Kier molecular flexibility index (Phi) is 4.34. The number of benzene rings is 1. The smallest absolute Gasteiger partial charge is 0.101 e. The van der Waals surface area contributed by atoms with Gasteiger partial charge in [-0.15, -0.1) is 0 Å². The number of aromatic nitrogens is 1. The molecule has 0 fully saturated rings. The predicted molar refractivity (Wildman–Crippen MR) is 78.1 cm³/mol. The molecule has 0 saturated heterocycles. The van der Waals surface area contributed by atoms with Crippen LogP contribution < -0.4 is 5.32 Å². The number of nitriles is 1. The first kappa shape index (κ1) is 13.1. The molecule has 0 unspecified atom stereocenters. The van der Waals surface area contributed by atoms with Crippen LogP contribution in [0.25, 0.3) is 0 Å². The third-order valence-electron chi connectivity index (χ3n) is 2.35. The molecule has 0 amide bonds. The van der Waals surface area contributed by atoms with E-state index < -0.39 is 0 Å². The molecule has 0 bridgehead atoms. The van der Waals surface area contributed by atoms with Gasteiger partial charge in [0.25, 0.3) is 0 Å². The van der Waals surface area contributed by atoms with Gasteiger partial charge >= 0.3 is 0 Å². The van der Waals surface area contributed by atoms with E-state index in [4.69, 9.17) is 5.26 Å². The highest BCUT2D eigenvalue weighted by Crippen LogP contribution is 2.20. The van der Waals surface area contributed by atoms with Crippen molar-refractivity contribution < 1.29 is 0 Å². The maximum Gasteiger partial charge on any atom is 0.101 e. The van der Waals surface area contributed by atoms with Crippen LogP contribution >= 0.6 is 31.9 Å². The molecule has 1 aromatic heterocycles. The second kappa shape index (κ2) is 5.98. The number of rotatable bonds is 3. The number of nitrogens with zero attached hydrogens (tertiary/aromatic N) is 2. The molecule has 2 aromatic rings. The lowest BCUT2D eigenvalue weighted by Gasteiger charge is -2.08. The number of anilines is 1. The lowest BCUT2D eigenvalue weighted by Crippen LogP contribution is -2.02. The number of pyridine rings is 1. The maximum absolute atomic E-state index is 9.04. The molecule has 1 N–H and O–H groups in total. The average molecular weight is 367 g/mol. The van der Waals surface area contributed by atoms with E-state index in [1.54, 1.807) is 12.3 Å². The van der Waals surface area contributed by atoms with Crippen molar-refractivity contribution in [2.75, 3.05) is 5.32 Å². The summed E-state index contributed by atoms with van der Waals surface area (Å²) < 4.78 is 1.85. The summed E-state index contributed by atoms with van der Waals surface area (Å²) in [6, 6.07) is 11.6. The number of hydrogen-bond acceptors (Lipinski definition) is 3. The molecule has 1 heterocycles. The van der Waals surface area contributed by atoms with Crippen LogP contribution in [0.1, 0.15) is 11.3 Å². The number of nitrogens with one attached hydrogen (secondary N) is 1. The molecular formula is C13H9Br2N3. The zero-order valence-electron chi connectivity index (χ0n) is 9.32. The highest BCUT2D eigenvalue weighted by atomic mass is 79.9. The van der Waals surface area contributed by atoms with Crippen molar-refractivity contribution in [3.63, 3.8) is 0 Å². The van der Waals surface area contributed by atoms with E-state index in [1.165, 1.54) is 0 Å². The average Bonchev–Trinajstić information content (AvgIpc) is 2.39. The Morgan fingerprint density at radius 3 is 2.61 bits per heavy atom. The molecule has 0 saturated carbocycles. The fraction of sp³-hybridized carbons (Fsp3) is 0.0769. The summed E-state index contributed by atoms with van der Waals surface area (Å²) in [7, 11) is 0. The van der Waals surface area contributed by atoms with Gasteiger partial charge in [0.15, 0.2) is 0 Å². The highest BCUT2D eigenvalue weighted by Gasteiger charge is 2.02. The highest BCUT2D eigenvalue weighted by molar-refractivity contribution is 9.10. The van der Waals surface area contributed by atoms with E-state index in [0.717, 1.165) is 20.3 Å². The fourth-order valence-electron chi connectivity index (χ4n) is 1.46. The summed E-state index contributed by atoms with van der Waals surface area (Å²) in [6.45, 7) is 0.587. The van der Waals surface area contributed by atoms with Crippen molar-refractivity contribution in [3.8, 4) is 6.07 Å². The summed E-state index contributed by atoms with van der Waals surface area (Å²) in [4.78, 5) is 4.26. The summed E-state index contributed by atoms with van der Waals surface area (Å²) in [5.41, 5.74) is 2.34. The third-order valence-corrected chi connectivity index (χ3v) is 3.31. The molecule has 0 aliphatic heterocycles. The zero-order valence-corrected chi connectivity index (χ0v) is 12.5. The van der Waals surface area contributed by atoms with E-state index in [-0.39, 0.29) is 0 Å². The van der Waals surface area contributed by atoms with Crippen LogP contribution in [0.4, 0.5) is 5.69 Å². The minimum atomic E-state index is 0.587. The van der Waals surface area contributed by atoms with Gasteiger partial charge in [-0.25, -0.2) is 0 Å². The lowest BCUT2D eigenvalue weighted by molar-refractivity contribution is 1.04. The van der Waals surface area contributed by atoms with Crippen LogP contribution in [-0.4, -0.2) is 4.98 Å². The van der Waals surface area contributed by atoms with Crippen LogP contribution in [0, 0.1) is 11.3 Å². The van der Waals surface area contributed by atoms with E-state index in [9.17, 15) is 0 Å². The Morgan fingerprint density at radius 2 is 1.94 bits per heavy atom. The number of hydrogen-bond donors (Lipinski definition) is 1. The van der Waals surface area contributed by atoms with Gasteiger partial charge < -0.3 is 5.32 Å². The Balaban J connectivity index is 2.11. The molecule has 18 heavy (non-hydrogen) atoms. The van der Waals surface area contributed by atoms with Crippen molar-refractivity contribution in [1.82, 2.24) is 4.98 Å². The molecular weight excluding hydrogens is 358 g/mol. The van der Waals surface area contributed by atoms with Gasteiger partial charge in [0.2, 0.25) is 0 Å². The zero-order chi connectivity index (χ0) is 13.0.